The number of carbonyl (C=O) groups is 2. The van der Waals surface area contributed by atoms with Gasteiger partial charge in [-0.25, -0.2) is 0 Å². The standard InChI is InChI=1S/C23H29N3O3/c1-29-22(28)18-6-8-23(9-7-18)15-19(23)14-21(27)26-12-10-25(11-13-26)20-4-2-17(16-24)3-5-20/h2-5,18-19H,6-15H2,1H3. The Balaban J connectivity index is 1.23. The van der Waals surface area contributed by atoms with E-state index in [2.05, 4.69) is 11.0 Å². The van der Waals surface area contributed by atoms with Crippen LogP contribution in [0.25, 0.3) is 0 Å². The SMILES string of the molecule is COC(=O)C1CCC2(CC1)CC2CC(=O)N1CCN(c2ccc(C#N)cc2)CC1. The van der Waals surface area contributed by atoms with Gasteiger partial charge in [-0.05, 0) is 67.7 Å². The molecule has 1 amide bonds. The van der Waals surface area contributed by atoms with Crippen LogP contribution in [-0.4, -0.2) is 50.1 Å². The van der Waals surface area contributed by atoms with E-state index in [9.17, 15) is 9.59 Å². The largest absolute Gasteiger partial charge is 0.469 e. The van der Waals surface area contributed by atoms with Crippen LogP contribution in [0.2, 0.25) is 0 Å². The smallest absolute Gasteiger partial charge is 0.308 e. The third-order valence-corrected chi connectivity index (χ3v) is 7.29. The van der Waals surface area contributed by atoms with Crippen molar-refractivity contribution in [2.75, 3.05) is 38.2 Å². The fourth-order valence-corrected chi connectivity index (χ4v) is 5.23. The van der Waals surface area contributed by atoms with Gasteiger partial charge in [-0.2, -0.15) is 5.26 Å². The molecule has 1 atom stereocenters. The molecule has 2 aliphatic carbocycles. The summed E-state index contributed by atoms with van der Waals surface area (Å²) in [5, 5.41) is 8.92. The second-order valence-corrected chi connectivity index (χ2v) is 8.79. The number of ether oxygens (including phenoxy) is 1. The summed E-state index contributed by atoms with van der Waals surface area (Å²) in [7, 11) is 1.46. The molecule has 1 aromatic carbocycles. The number of hydrogen-bond acceptors (Lipinski definition) is 5. The first kappa shape index (κ1) is 19.8. The van der Waals surface area contributed by atoms with Gasteiger partial charge in [-0.3, -0.25) is 9.59 Å². The second-order valence-electron chi connectivity index (χ2n) is 8.79. The average molecular weight is 396 g/mol. The number of rotatable bonds is 4. The minimum Gasteiger partial charge on any atom is -0.469 e. The molecule has 1 unspecified atom stereocenters. The van der Waals surface area contributed by atoms with Gasteiger partial charge in [0.05, 0.1) is 24.7 Å². The molecule has 0 N–H and O–H groups in total. The van der Waals surface area contributed by atoms with Gasteiger partial charge in [0, 0.05) is 38.3 Å². The average Bonchev–Trinajstić information content (AvgIpc) is 3.44. The van der Waals surface area contributed by atoms with Crippen LogP contribution >= 0.6 is 0 Å². The zero-order valence-corrected chi connectivity index (χ0v) is 17.1. The Hall–Kier alpha value is -2.55. The third-order valence-electron chi connectivity index (χ3n) is 7.29. The fraction of sp³-hybridized carbons (Fsp3) is 0.609. The van der Waals surface area contributed by atoms with E-state index in [-0.39, 0.29) is 17.8 Å². The van der Waals surface area contributed by atoms with Gasteiger partial charge in [-0.15, -0.1) is 0 Å². The number of amides is 1. The van der Waals surface area contributed by atoms with Crippen molar-refractivity contribution in [1.82, 2.24) is 4.90 Å². The molecule has 2 saturated carbocycles. The number of anilines is 1. The molecule has 6 heteroatoms. The minimum atomic E-state index is -0.0757. The molecular weight excluding hydrogens is 366 g/mol. The van der Waals surface area contributed by atoms with Crippen molar-refractivity contribution in [3.63, 3.8) is 0 Å². The quantitative estimate of drug-likeness (QED) is 0.733. The van der Waals surface area contributed by atoms with Crippen molar-refractivity contribution >= 4 is 17.6 Å². The highest BCUT2D eigenvalue weighted by atomic mass is 16.5. The van der Waals surface area contributed by atoms with Crippen LogP contribution in [0.3, 0.4) is 0 Å². The lowest BCUT2D eigenvalue weighted by Crippen LogP contribution is -2.49. The summed E-state index contributed by atoms with van der Waals surface area (Å²) in [5.74, 6) is 0.748. The van der Waals surface area contributed by atoms with Crippen molar-refractivity contribution in [3.8, 4) is 6.07 Å². The summed E-state index contributed by atoms with van der Waals surface area (Å²) in [5.41, 5.74) is 2.09. The zero-order chi connectivity index (χ0) is 20.4. The molecule has 1 aromatic rings. The van der Waals surface area contributed by atoms with Crippen molar-refractivity contribution in [1.29, 1.82) is 5.26 Å². The first-order valence-corrected chi connectivity index (χ1v) is 10.7. The number of esters is 1. The van der Waals surface area contributed by atoms with E-state index in [1.807, 2.05) is 29.2 Å². The summed E-state index contributed by atoms with van der Waals surface area (Å²) < 4.78 is 4.88. The van der Waals surface area contributed by atoms with E-state index < -0.39 is 0 Å². The lowest BCUT2D eigenvalue weighted by Gasteiger charge is -2.36. The molecule has 6 nitrogen and oxygen atoms in total. The van der Waals surface area contributed by atoms with Gasteiger partial charge in [0.25, 0.3) is 0 Å². The van der Waals surface area contributed by atoms with Crippen LogP contribution in [-0.2, 0) is 14.3 Å². The molecule has 0 radical (unpaired) electrons. The maximum Gasteiger partial charge on any atom is 0.308 e. The normalized spacial score (nSPS) is 28.7. The topological polar surface area (TPSA) is 73.6 Å². The molecule has 29 heavy (non-hydrogen) atoms. The number of nitrogens with zero attached hydrogens (tertiary/aromatic N) is 3. The lowest BCUT2D eigenvalue weighted by molar-refractivity contribution is -0.147. The highest BCUT2D eigenvalue weighted by Gasteiger charge is 2.56. The maximum atomic E-state index is 12.8. The van der Waals surface area contributed by atoms with E-state index in [0.29, 0.717) is 23.3 Å². The lowest BCUT2D eigenvalue weighted by atomic mass is 9.78. The Morgan fingerprint density at radius 2 is 1.79 bits per heavy atom. The Bertz CT molecular complexity index is 798. The third kappa shape index (κ3) is 4.10. The number of piperazine rings is 1. The summed E-state index contributed by atoms with van der Waals surface area (Å²) >= 11 is 0. The van der Waals surface area contributed by atoms with Crippen molar-refractivity contribution < 1.29 is 14.3 Å². The Labute approximate surface area is 172 Å². The van der Waals surface area contributed by atoms with E-state index in [1.165, 1.54) is 7.11 Å². The van der Waals surface area contributed by atoms with Gasteiger partial charge in [0.2, 0.25) is 5.91 Å². The predicted octanol–water partition coefficient (Wildman–Crippen LogP) is 2.97. The van der Waals surface area contributed by atoms with Crippen LogP contribution in [0, 0.1) is 28.6 Å². The van der Waals surface area contributed by atoms with Crippen LogP contribution in [0.4, 0.5) is 5.69 Å². The first-order chi connectivity index (χ1) is 14.0. The second kappa shape index (κ2) is 8.06. The van der Waals surface area contributed by atoms with Crippen molar-refractivity contribution in [3.05, 3.63) is 29.8 Å². The number of nitriles is 1. The van der Waals surface area contributed by atoms with Crippen LogP contribution < -0.4 is 4.90 Å². The molecule has 1 heterocycles. The van der Waals surface area contributed by atoms with Crippen LogP contribution in [0.1, 0.15) is 44.1 Å². The Morgan fingerprint density at radius 1 is 1.14 bits per heavy atom. The van der Waals surface area contributed by atoms with E-state index in [1.54, 1.807) is 0 Å². The van der Waals surface area contributed by atoms with Crippen molar-refractivity contribution in [2.24, 2.45) is 17.3 Å². The number of benzene rings is 1. The van der Waals surface area contributed by atoms with E-state index in [4.69, 9.17) is 10.00 Å². The van der Waals surface area contributed by atoms with Crippen LogP contribution in [0.15, 0.2) is 24.3 Å². The molecule has 3 fully saturated rings. The summed E-state index contributed by atoms with van der Waals surface area (Å²) in [6.07, 6.45) is 5.70. The molecule has 154 valence electrons. The zero-order valence-electron chi connectivity index (χ0n) is 17.1. The Kier molecular flexibility index (Phi) is 5.49. The molecule has 4 rings (SSSR count). The number of carbonyl (C=O) groups excluding carboxylic acids is 2. The van der Waals surface area contributed by atoms with Gasteiger partial charge in [0.1, 0.15) is 0 Å². The van der Waals surface area contributed by atoms with Crippen molar-refractivity contribution in [2.45, 2.75) is 38.5 Å². The molecule has 3 aliphatic rings. The predicted molar refractivity (Wildman–Crippen MR) is 109 cm³/mol. The number of methoxy groups -OCH3 is 1. The Morgan fingerprint density at radius 3 is 2.38 bits per heavy atom. The summed E-state index contributed by atoms with van der Waals surface area (Å²) in [4.78, 5) is 28.8. The minimum absolute atomic E-state index is 0.0536. The highest BCUT2D eigenvalue weighted by Crippen LogP contribution is 2.63. The van der Waals surface area contributed by atoms with E-state index >= 15 is 0 Å². The highest BCUT2D eigenvalue weighted by molar-refractivity contribution is 5.77. The molecule has 0 bridgehead atoms. The van der Waals surface area contributed by atoms with Gasteiger partial charge in [-0.1, -0.05) is 0 Å². The molecule has 1 aliphatic heterocycles. The van der Waals surface area contributed by atoms with Gasteiger partial charge in [0.15, 0.2) is 0 Å². The number of hydrogen-bond donors (Lipinski definition) is 0. The summed E-state index contributed by atoms with van der Waals surface area (Å²) in [6.45, 7) is 3.16. The molecule has 1 spiro atoms. The molecule has 1 saturated heterocycles. The van der Waals surface area contributed by atoms with E-state index in [0.717, 1.165) is 64.0 Å². The molecular formula is C23H29N3O3. The maximum absolute atomic E-state index is 12.8. The monoisotopic (exact) mass is 395 g/mol. The molecule has 0 aromatic heterocycles. The van der Waals surface area contributed by atoms with Crippen LogP contribution in [0.5, 0.6) is 0 Å². The fourth-order valence-electron chi connectivity index (χ4n) is 5.23. The summed E-state index contributed by atoms with van der Waals surface area (Å²) in [6, 6.07) is 9.79. The van der Waals surface area contributed by atoms with Gasteiger partial charge < -0.3 is 14.5 Å². The van der Waals surface area contributed by atoms with Gasteiger partial charge >= 0.3 is 5.97 Å². The first-order valence-electron chi connectivity index (χ1n) is 10.7.